The van der Waals surface area contributed by atoms with Crippen molar-refractivity contribution in [1.82, 2.24) is 0 Å². The predicted octanol–water partition coefficient (Wildman–Crippen LogP) is 1.28. The first-order valence-corrected chi connectivity index (χ1v) is 4.04. The van der Waals surface area contributed by atoms with Gasteiger partial charge in [-0.3, -0.25) is 4.79 Å². The summed E-state index contributed by atoms with van der Waals surface area (Å²) >= 11 is 0. The van der Waals surface area contributed by atoms with E-state index < -0.39 is 5.97 Å². The number of aliphatic carboxylic acids is 1. The highest BCUT2D eigenvalue weighted by Gasteiger charge is 2.21. The van der Waals surface area contributed by atoms with Gasteiger partial charge in [-0.2, -0.15) is 0 Å². The van der Waals surface area contributed by atoms with Gasteiger partial charge in [0.25, 0.3) is 0 Å². The fourth-order valence-electron chi connectivity index (χ4n) is 1.33. The first-order valence-electron chi connectivity index (χ1n) is 4.04. The Morgan fingerprint density at radius 3 is 3.00 bits per heavy atom. The molecule has 11 heavy (non-hydrogen) atoms. The molecular weight excluding hydrogens is 144 g/mol. The van der Waals surface area contributed by atoms with E-state index >= 15 is 0 Å². The molecule has 0 aromatic carbocycles. The lowest BCUT2D eigenvalue weighted by atomic mass is 10.0. The minimum atomic E-state index is -0.722. The third-order valence-corrected chi connectivity index (χ3v) is 2.06. The molecule has 0 aromatic heterocycles. The normalized spacial score (nSPS) is 26.8. The summed E-state index contributed by atoms with van der Waals surface area (Å²) in [5.41, 5.74) is 0. The molecule has 2 atom stereocenters. The molecule has 2 unspecified atom stereocenters. The number of hydrogen-bond acceptors (Lipinski definition) is 2. The van der Waals surface area contributed by atoms with Crippen molar-refractivity contribution in [2.45, 2.75) is 32.3 Å². The van der Waals surface area contributed by atoms with Crippen molar-refractivity contribution in [3.05, 3.63) is 0 Å². The van der Waals surface area contributed by atoms with Crippen LogP contribution in [0, 0.1) is 5.92 Å². The highest BCUT2D eigenvalue weighted by Crippen LogP contribution is 2.19. The molecule has 1 heterocycles. The minimum absolute atomic E-state index is 0.195. The molecule has 1 saturated heterocycles. The van der Waals surface area contributed by atoms with Gasteiger partial charge in [-0.05, 0) is 19.3 Å². The minimum Gasteiger partial charge on any atom is -0.481 e. The van der Waals surface area contributed by atoms with Gasteiger partial charge in [-0.1, -0.05) is 6.92 Å². The smallest absolute Gasteiger partial charge is 0.306 e. The second-order valence-electron chi connectivity index (χ2n) is 3.11. The number of ether oxygens (including phenoxy) is 1. The van der Waals surface area contributed by atoms with Crippen LogP contribution in [0.15, 0.2) is 0 Å². The van der Waals surface area contributed by atoms with Crippen LogP contribution in [0.2, 0.25) is 0 Å². The van der Waals surface area contributed by atoms with Gasteiger partial charge >= 0.3 is 5.97 Å². The predicted molar refractivity (Wildman–Crippen MR) is 40.4 cm³/mol. The molecule has 0 bridgehead atoms. The van der Waals surface area contributed by atoms with Crippen LogP contribution in [0.3, 0.4) is 0 Å². The second-order valence-corrected chi connectivity index (χ2v) is 3.11. The summed E-state index contributed by atoms with van der Waals surface area (Å²) in [5.74, 6) is -0.987. The Balaban J connectivity index is 2.23. The summed E-state index contributed by atoms with van der Waals surface area (Å²) in [6.07, 6.45) is 2.96. The average molecular weight is 158 g/mol. The van der Waals surface area contributed by atoms with Gasteiger partial charge in [-0.25, -0.2) is 0 Å². The van der Waals surface area contributed by atoms with Gasteiger partial charge in [-0.15, -0.1) is 0 Å². The Morgan fingerprint density at radius 2 is 2.55 bits per heavy atom. The number of rotatable bonds is 3. The number of hydrogen-bond donors (Lipinski definition) is 1. The summed E-state index contributed by atoms with van der Waals surface area (Å²) in [6.45, 7) is 2.53. The summed E-state index contributed by atoms with van der Waals surface area (Å²) in [6, 6.07) is 0. The van der Waals surface area contributed by atoms with Crippen LogP contribution in [0.25, 0.3) is 0 Å². The maximum Gasteiger partial charge on any atom is 0.306 e. The highest BCUT2D eigenvalue weighted by atomic mass is 16.5. The number of carboxylic acid groups (broad SMARTS) is 1. The van der Waals surface area contributed by atoms with Crippen molar-refractivity contribution in [2.75, 3.05) is 6.61 Å². The van der Waals surface area contributed by atoms with Crippen molar-refractivity contribution in [3.8, 4) is 0 Å². The number of carbonyl (C=O) groups is 1. The third-order valence-electron chi connectivity index (χ3n) is 2.06. The van der Waals surface area contributed by atoms with Crippen molar-refractivity contribution in [2.24, 2.45) is 5.92 Å². The largest absolute Gasteiger partial charge is 0.481 e. The SMILES string of the molecule is CC(CC1CCCO1)C(=O)O. The molecule has 0 radical (unpaired) electrons. The average Bonchev–Trinajstić information content (AvgIpc) is 2.39. The van der Waals surface area contributed by atoms with E-state index in [0.29, 0.717) is 6.42 Å². The van der Waals surface area contributed by atoms with Crippen molar-refractivity contribution >= 4 is 5.97 Å². The monoisotopic (exact) mass is 158 g/mol. The molecule has 0 aromatic rings. The highest BCUT2D eigenvalue weighted by molar-refractivity contribution is 5.69. The van der Waals surface area contributed by atoms with Crippen LogP contribution >= 0.6 is 0 Å². The zero-order valence-corrected chi connectivity index (χ0v) is 6.75. The standard InChI is InChI=1S/C8H14O3/c1-6(8(9)10)5-7-3-2-4-11-7/h6-7H,2-5H2,1H3,(H,9,10). The van der Waals surface area contributed by atoms with Gasteiger partial charge in [0, 0.05) is 6.61 Å². The maximum atomic E-state index is 10.4. The first kappa shape index (κ1) is 8.53. The van der Waals surface area contributed by atoms with Crippen LogP contribution in [0.4, 0.5) is 0 Å². The van der Waals surface area contributed by atoms with E-state index in [2.05, 4.69) is 0 Å². The molecule has 1 N–H and O–H groups in total. The van der Waals surface area contributed by atoms with E-state index in [9.17, 15) is 4.79 Å². The molecule has 3 heteroatoms. The molecule has 0 spiro atoms. The van der Waals surface area contributed by atoms with Crippen molar-refractivity contribution in [3.63, 3.8) is 0 Å². The van der Waals surface area contributed by atoms with Crippen LogP contribution < -0.4 is 0 Å². The molecule has 0 saturated carbocycles. The molecule has 0 aliphatic carbocycles. The summed E-state index contributed by atoms with van der Waals surface area (Å²) in [5, 5.41) is 8.59. The fourth-order valence-corrected chi connectivity index (χ4v) is 1.33. The van der Waals surface area contributed by atoms with Gasteiger partial charge < -0.3 is 9.84 Å². The quantitative estimate of drug-likeness (QED) is 0.673. The molecule has 1 aliphatic rings. The molecule has 1 aliphatic heterocycles. The zero-order chi connectivity index (χ0) is 8.27. The van der Waals surface area contributed by atoms with Crippen LogP contribution in [0.1, 0.15) is 26.2 Å². The van der Waals surface area contributed by atoms with E-state index in [4.69, 9.17) is 9.84 Å². The number of carboxylic acids is 1. The molecule has 0 amide bonds. The van der Waals surface area contributed by atoms with E-state index in [1.54, 1.807) is 6.92 Å². The lowest BCUT2D eigenvalue weighted by Gasteiger charge is -2.11. The van der Waals surface area contributed by atoms with Crippen LogP contribution in [-0.4, -0.2) is 23.8 Å². The Morgan fingerprint density at radius 1 is 1.82 bits per heavy atom. The summed E-state index contributed by atoms with van der Waals surface area (Å²) in [4.78, 5) is 10.4. The Labute approximate surface area is 66.4 Å². The lowest BCUT2D eigenvalue weighted by molar-refractivity contribution is -0.142. The van der Waals surface area contributed by atoms with E-state index in [-0.39, 0.29) is 12.0 Å². The first-order chi connectivity index (χ1) is 5.20. The van der Waals surface area contributed by atoms with Crippen molar-refractivity contribution in [1.29, 1.82) is 0 Å². The van der Waals surface area contributed by atoms with Gasteiger partial charge in [0.2, 0.25) is 0 Å². The summed E-state index contributed by atoms with van der Waals surface area (Å²) in [7, 11) is 0. The van der Waals surface area contributed by atoms with E-state index in [0.717, 1.165) is 19.4 Å². The Hall–Kier alpha value is -0.570. The zero-order valence-electron chi connectivity index (χ0n) is 6.75. The molecular formula is C8H14O3. The fraction of sp³-hybridized carbons (Fsp3) is 0.875. The van der Waals surface area contributed by atoms with Gasteiger partial charge in [0.15, 0.2) is 0 Å². The third kappa shape index (κ3) is 2.50. The van der Waals surface area contributed by atoms with Gasteiger partial charge in [0.1, 0.15) is 0 Å². The molecule has 64 valence electrons. The van der Waals surface area contributed by atoms with Crippen molar-refractivity contribution < 1.29 is 14.6 Å². The van der Waals surface area contributed by atoms with Gasteiger partial charge in [0.05, 0.1) is 12.0 Å². The van der Waals surface area contributed by atoms with Crippen LogP contribution in [0.5, 0.6) is 0 Å². The molecule has 1 fully saturated rings. The lowest BCUT2D eigenvalue weighted by Crippen LogP contribution is -2.17. The van der Waals surface area contributed by atoms with Crippen LogP contribution in [-0.2, 0) is 9.53 Å². The summed E-state index contributed by atoms with van der Waals surface area (Å²) < 4.78 is 5.31. The second kappa shape index (κ2) is 3.72. The Kier molecular flexibility index (Phi) is 2.88. The Bertz CT molecular complexity index is 138. The maximum absolute atomic E-state index is 10.4. The topological polar surface area (TPSA) is 46.5 Å². The van der Waals surface area contributed by atoms with E-state index in [1.807, 2.05) is 0 Å². The van der Waals surface area contributed by atoms with E-state index in [1.165, 1.54) is 0 Å². The molecule has 1 rings (SSSR count). The molecule has 3 nitrogen and oxygen atoms in total.